The van der Waals surface area contributed by atoms with Crippen molar-refractivity contribution < 1.29 is 4.74 Å². The summed E-state index contributed by atoms with van der Waals surface area (Å²) in [6.07, 6.45) is 0.886. The predicted octanol–water partition coefficient (Wildman–Crippen LogP) is 3.00. The third-order valence-corrected chi connectivity index (χ3v) is 2.17. The standard InChI is InChI=1S/C14H23NO/c1-11(2)10-16-13-7-5-12(6-8-13)9-14(3,4)15/h5-8,11H,9-10,15H2,1-4H3. The van der Waals surface area contributed by atoms with Gasteiger partial charge < -0.3 is 10.5 Å². The first-order valence-corrected chi connectivity index (χ1v) is 5.87. The summed E-state index contributed by atoms with van der Waals surface area (Å²) in [5.41, 5.74) is 7.07. The van der Waals surface area contributed by atoms with Crippen molar-refractivity contribution in [2.45, 2.75) is 39.7 Å². The molecule has 1 aromatic rings. The number of hydrogen-bond acceptors (Lipinski definition) is 2. The van der Waals surface area contributed by atoms with Gasteiger partial charge in [0.1, 0.15) is 5.75 Å². The lowest BCUT2D eigenvalue weighted by molar-refractivity contribution is 0.271. The minimum Gasteiger partial charge on any atom is -0.493 e. The first kappa shape index (κ1) is 13.0. The second kappa shape index (κ2) is 5.35. The van der Waals surface area contributed by atoms with Gasteiger partial charge in [-0.3, -0.25) is 0 Å². The van der Waals surface area contributed by atoms with Gasteiger partial charge in [0, 0.05) is 5.54 Å². The first-order valence-electron chi connectivity index (χ1n) is 5.87. The molecule has 0 spiro atoms. The Labute approximate surface area is 98.8 Å². The van der Waals surface area contributed by atoms with Gasteiger partial charge in [-0.2, -0.15) is 0 Å². The normalized spacial score (nSPS) is 11.9. The fourth-order valence-corrected chi connectivity index (χ4v) is 1.49. The van der Waals surface area contributed by atoms with Crippen molar-refractivity contribution in [3.63, 3.8) is 0 Å². The molecular weight excluding hydrogens is 198 g/mol. The van der Waals surface area contributed by atoms with Crippen LogP contribution in [0.2, 0.25) is 0 Å². The Morgan fingerprint density at radius 2 is 1.75 bits per heavy atom. The van der Waals surface area contributed by atoms with E-state index >= 15 is 0 Å². The van der Waals surface area contributed by atoms with Crippen LogP contribution in [0.5, 0.6) is 5.75 Å². The Morgan fingerprint density at radius 3 is 2.19 bits per heavy atom. The molecule has 0 unspecified atom stereocenters. The maximum Gasteiger partial charge on any atom is 0.119 e. The molecule has 0 bridgehead atoms. The summed E-state index contributed by atoms with van der Waals surface area (Å²) in [5, 5.41) is 0. The summed E-state index contributed by atoms with van der Waals surface area (Å²) in [4.78, 5) is 0. The molecular formula is C14H23NO. The molecule has 0 aliphatic carbocycles. The zero-order valence-corrected chi connectivity index (χ0v) is 10.8. The minimum atomic E-state index is -0.152. The Morgan fingerprint density at radius 1 is 1.19 bits per heavy atom. The molecule has 0 saturated carbocycles. The van der Waals surface area contributed by atoms with Gasteiger partial charge in [-0.15, -0.1) is 0 Å². The molecule has 0 radical (unpaired) electrons. The van der Waals surface area contributed by atoms with Gasteiger partial charge in [-0.25, -0.2) is 0 Å². The number of benzene rings is 1. The summed E-state index contributed by atoms with van der Waals surface area (Å²) in [7, 11) is 0. The monoisotopic (exact) mass is 221 g/mol. The third kappa shape index (κ3) is 5.17. The molecule has 0 aliphatic rings. The average molecular weight is 221 g/mol. The van der Waals surface area contributed by atoms with Crippen LogP contribution in [-0.2, 0) is 6.42 Å². The van der Waals surface area contributed by atoms with Gasteiger partial charge >= 0.3 is 0 Å². The lowest BCUT2D eigenvalue weighted by atomic mass is 9.96. The van der Waals surface area contributed by atoms with E-state index < -0.39 is 0 Å². The second-order valence-electron chi connectivity index (χ2n) is 5.51. The molecule has 2 N–H and O–H groups in total. The van der Waals surface area contributed by atoms with Crippen LogP contribution in [0.3, 0.4) is 0 Å². The molecule has 90 valence electrons. The Kier molecular flexibility index (Phi) is 4.36. The van der Waals surface area contributed by atoms with Crippen molar-refractivity contribution in [1.29, 1.82) is 0 Å². The highest BCUT2D eigenvalue weighted by Crippen LogP contribution is 2.16. The minimum absolute atomic E-state index is 0.152. The zero-order chi connectivity index (χ0) is 12.2. The lowest BCUT2D eigenvalue weighted by Gasteiger charge is -2.18. The Hall–Kier alpha value is -1.02. The maximum absolute atomic E-state index is 5.97. The largest absolute Gasteiger partial charge is 0.493 e. The molecule has 2 heteroatoms. The van der Waals surface area contributed by atoms with E-state index in [0.717, 1.165) is 18.8 Å². The van der Waals surface area contributed by atoms with E-state index in [1.54, 1.807) is 0 Å². The van der Waals surface area contributed by atoms with Crippen molar-refractivity contribution in [2.24, 2.45) is 11.7 Å². The van der Waals surface area contributed by atoms with Crippen LogP contribution in [0.1, 0.15) is 33.3 Å². The van der Waals surface area contributed by atoms with E-state index in [1.165, 1.54) is 5.56 Å². The molecule has 0 saturated heterocycles. The molecule has 0 heterocycles. The molecule has 2 nitrogen and oxygen atoms in total. The van der Waals surface area contributed by atoms with E-state index in [0.29, 0.717) is 5.92 Å². The predicted molar refractivity (Wildman–Crippen MR) is 68.7 cm³/mol. The smallest absolute Gasteiger partial charge is 0.119 e. The highest BCUT2D eigenvalue weighted by atomic mass is 16.5. The van der Waals surface area contributed by atoms with Crippen LogP contribution >= 0.6 is 0 Å². The van der Waals surface area contributed by atoms with E-state index in [2.05, 4.69) is 26.0 Å². The molecule has 0 fully saturated rings. The number of rotatable bonds is 5. The van der Waals surface area contributed by atoms with Crippen LogP contribution in [0, 0.1) is 5.92 Å². The number of nitrogens with two attached hydrogens (primary N) is 1. The molecule has 16 heavy (non-hydrogen) atoms. The van der Waals surface area contributed by atoms with Crippen LogP contribution in [0.25, 0.3) is 0 Å². The van der Waals surface area contributed by atoms with Gasteiger partial charge in [-0.05, 0) is 43.9 Å². The summed E-state index contributed by atoms with van der Waals surface area (Å²) >= 11 is 0. The number of hydrogen-bond donors (Lipinski definition) is 1. The van der Waals surface area contributed by atoms with E-state index in [1.807, 2.05) is 26.0 Å². The summed E-state index contributed by atoms with van der Waals surface area (Å²) in [5.74, 6) is 1.50. The third-order valence-electron chi connectivity index (χ3n) is 2.17. The van der Waals surface area contributed by atoms with E-state index in [-0.39, 0.29) is 5.54 Å². The van der Waals surface area contributed by atoms with E-state index in [4.69, 9.17) is 10.5 Å². The Bertz CT molecular complexity index is 309. The van der Waals surface area contributed by atoms with Crippen LogP contribution in [-0.4, -0.2) is 12.1 Å². The number of ether oxygens (including phenoxy) is 1. The highest BCUT2D eigenvalue weighted by molar-refractivity contribution is 5.28. The Balaban J connectivity index is 2.54. The summed E-state index contributed by atoms with van der Waals surface area (Å²) in [6, 6.07) is 8.21. The van der Waals surface area contributed by atoms with Crippen molar-refractivity contribution >= 4 is 0 Å². The van der Waals surface area contributed by atoms with Crippen molar-refractivity contribution in [1.82, 2.24) is 0 Å². The molecule has 0 aliphatic heterocycles. The quantitative estimate of drug-likeness (QED) is 0.829. The van der Waals surface area contributed by atoms with Crippen LogP contribution in [0.4, 0.5) is 0 Å². The molecule has 0 atom stereocenters. The average Bonchev–Trinajstić information content (AvgIpc) is 2.14. The summed E-state index contributed by atoms with van der Waals surface area (Å²) in [6.45, 7) is 9.13. The van der Waals surface area contributed by atoms with Crippen molar-refractivity contribution in [2.75, 3.05) is 6.61 Å². The van der Waals surface area contributed by atoms with Gasteiger partial charge in [0.25, 0.3) is 0 Å². The van der Waals surface area contributed by atoms with Gasteiger partial charge in [0.15, 0.2) is 0 Å². The van der Waals surface area contributed by atoms with Crippen LogP contribution in [0.15, 0.2) is 24.3 Å². The van der Waals surface area contributed by atoms with Gasteiger partial charge in [0.2, 0.25) is 0 Å². The highest BCUT2D eigenvalue weighted by Gasteiger charge is 2.11. The molecule has 0 amide bonds. The first-order chi connectivity index (χ1) is 7.37. The maximum atomic E-state index is 5.97. The topological polar surface area (TPSA) is 35.2 Å². The molecule has 1 rings (SSSR count). The summed E-state index contributed by atoms with van der Waals surface area (Å²) < 4.78 is 5.62. The second-order valence-corrected chi connectivity index (χ2v) is 5.51. The van der Waals surface area contributed by atoms with Crippen molar-refractivity contribution in [3.8, 4) is 5.75 Å². The fraction of sp³-hybridized carbons (Fsp3) is 0.571. The van der Waals surface area contributed by atoms with Gasteiger partial charge in [-0.1, -0.05) is 26.0 Å². The van der Waals surface area contributed by atoms with Crippen LogP contribution < -0.4 is 10.5 Å². The molecule has 1 aromatic carbocycles. The fourth-order valence-electron chi connectivity index (χ4n) is 1.49. The molecule has 0 aromatic heterocycles. The van der Waals surface area contributed by atoms with Gasteiger partial charge in [0.05, 0.1) is 6.61 Å². The SMILES string of the molecule is CC(C)COc1ccc(CC(C)(C)N)cc1. The van der Waals surface area contributed by atoms with E-state index in [9.17, 15) is 0 Å². The van der Waals surface area contributed by atoms with Crippen molar-refractivity contribution in [3.05, 3.63) is 29.8 Å². The lowest BCUT2D eigenvalue weighted by Crippen LogP contribution is -2.34. The zero-order valence-electron chi connectivity index (χ0n) is 10.8.